The van der Waals surface area contributed by atoms with Crippen LogP contribution in [-0.2, 0) is 11.8 Å². The topological polar surface area (TPSA) is 84.3 Å². The predicted molar refractivity (Wildman–Crippen MR) is 96.6 cm³/mol. The summed E-state index contributed by atoms with van der Waals surface area (Å²) in [5, 5.41) is 10.3. The third-order valence-electron chi connectivity index (χ3n) is 3.57. The van der Waals surface area contributed by atoms with Crippen LogP contribution in [-0.4, -0.2) is 32.8 Å². The van der Waals surface area contributed by atoms with E-state index in [-0.39, 0.29) is 11.5 Å². The van der Waals surface area contributed by atoms with Gasteiger partial charge in [-0.05, 0) is 26.7 Å². The van der Waals surface area contributed by atoms with Gasteiger partial charge in [-0.2, -0.15) is 0 Å². The summed E-state index contributed by atoms with van der Waals surface area (Å²) >= 11 is 0. The summed E-state index contributed by atoms with van der Waals surface area (Å²) in [5.41, 5.74) is 0.214. The molecule has 0 saturated carbocycles. The molecule has 134 valence electrons. The SMILES string of the molecule is Cc1[nH]c2c(=O)n(C)cc(C#CC(C)(C)O)c2c1C(=O)OCC(C)C. The van der Waals surface area contributed by atoms with Gasteiger partial charge in [-0.25, -0.2) is 4.79 Å². The first-order chi connectivity index (χ1) is 11.5. The van der Waals surface area contributed by atoms with Crippen LogP contribution >= 0.6 is 0 Å². The molecule has 2 aromatic rings. The van der Waals surface area contributed by atoms with E-state index < -0.39 is 11.6 Å². The van der Waals surface area contributed by atoms with E-state index in [4.69, 9.17) is 4.74 Å². The zero-order valence-electron chi connectivity index (χ0n) is 15.5. The zero-order chi connectivity index (χ0) is 18.9. The Morgan fingerprint density at radius 2 is 2.08 bits per heavy atom. The minimum atomic E-state index is -1.19. The zero-order valence-corrected chi connectivity index (χ0v) is 15.5. The number of carbonyl (C=O) groups is 1. The average Bonchev–Trinajstić information content (AvgIpc) is 2.84. The van der Waals surface area contributed by atoms with Gasteiger partial charge in [0.05, 0.1) is 17.7 Å². The van der Waals surface area contributed by atoms with E-state index in [1.54, 1.807) is 34.0 Å². The number of hydrogen-bond acceptors (Lipinski definition) is 4. The van der Waals surface area contributed by atoms with Crippen molar-refractivity contribution in [3.8, 4) is 11.8 Å². The van der Waals surface area contributed by atoms with Crippen LogP contribution in [0, 0.1) is 24.7 Å². The maximum Gasteiger partial charge on any atom is 0.340 e. The largest absolute Gasteiger partial charge is 0.462 e. The van der Waals surface area contributed by atoms with E-state index in [1.807, 2.05) is 13.8 Å². The molecule has 2 N–H and O–H groups in total. The number of fused-ring (bicyclic) bond motifs is 1. The molecule has 6 heteroatoms. The summed E-state index contributed by atoms with van der Waals surface area (Å²) < 4.78 is 6.74. The van der Waals surface area contributed by atoms with Crippen LogP contribution in [0.25, 0.3) is 10.9 Å². The predicted octanol–water partition coefficient (Wildman–Crippen LogP) is 2.11. The number of aryl methyl sites for hydroxylation is 2. The molecule has 0 aliphatic rings. The number of aromatic amines is 1. The van der Waals surface area contributed by atoms with Crippen molar-refractivity contribution in [2.45, 2.75) is 40.2 Å². The van der Waals surface area contributed by atoms with Crippen LogP contribution in [0.4, 0.5) is 0 Å². The number of aromatic nitrogens is 2. The summed E-state index contributed by atoms with van der Waals surface area (Å²) in [7, 11) is 1.62. The quantitative estimate of drug-likeness (QED) is 0.660. The third kappa shape index (κ3) is 4.12. The van der Waals surface area contributed by atoms with Gasteiger partial charge in [0.15, 0.2) is 0 Å². The highest BCUT2D eigenvalue weighted by atomic mass is 16.5. The van der Waals surface area contributed by atoms with Crippen molar-refractivity contribution in [1.29, 1.82) is 0 Å². The lowest BCUT2D eigenvalue weighted by Crippen LogP contribution is -2.18. The Morgan fingerprint density at radius 1 is 1.44 bits per heavy atom. The second-order valence-corrected chi connectivity index (χ2v) is 7.14. The highest BCUT2D eigenvalue weighted by Gasteiger charge is 2.22. The van der Waals surface area contributed by atoms with Crippen molar-refractivity contribution in [2.24, 2.45) is 13.0 Å². The first-order valence-electron chi connectivity index (χ1n) is 8.16. The second-order valence-electron chi connectivity index (χ2n) is 7.14. The lowest BCUT2D eigenvalue weighted by atomic mass is 10.1. The van der Waals surface area contributed by atoms with Gasteiger partial charge >= 0.3 is 5.97 Å². The van der Waals surface area contributed by atoms with Crippen LogP contribution in [0.1, 0.15) is 49.3 Å². The van der Waals surface area contributed by atoms with Crippen LogP contribution in [0.5, 0.6) is 0 Å². The molecule has 0 unspecified atom stereocenters. The molecule has 0 amide bonds. The minimum Gasteiger partial charge on any atom is -0.462 e. The van der Waals surface area contributed by atoms with E-state index in [0.717, 1.165) is 0 Å². The lowest BCUT2D eigenvalue weighted by molar-refractivity contribution is 0.0460. The number of ether oxygens (including phenoxy) is 1. The molecule has 6 nitrogen and oxygen atoms in total. The average molecular weight is 344 g/mol. The van der Waals surface area contributed by atoms with Gasteiger partial charge in [-0.1, -0.05) is 25.7 Å². The number of esters is 1. The van der Waals surface area contributed by atoms with Crippen molar-refractivity contribution in [3.63, 3.8) is 0 Å². The molecule has 2 aromatic heterocycles. The molecule has 0 spiro atoms. The normalized spacial score (nSPS) is 11.5. The highest BCUT2D eigenvalue weighted by molar-refractivity contribution is 6.07. The molecule has 0 saturated heterocycles. The first kappa shape index (κ1) is 18.8. The standard InChI is InChI=1S/C19H24N2O4/c1-11(2)10-25-18(23)14-12(3)20-16-15(14)13(7-8-19(4,5)24)9-21(6)17(16)22/h9,11,20,24H,10H2,1-6H3. The third-order valence-corrected chi connectivity index (χ3v) is 3.57. The molecule has 0 aromatic carbocycles. The van der Waals surface area contributed by atoms with Crippen LogP contribution in [0.3, 0.4) is 0 Å². The van der Waals surface area contributed by atoms with E-state index in [2.05, 4.69) is 16.8 Å². The smallest absolute Gasteiger partial charge is 0.340 e. The van der Waals surface area contributed by atoms with Crippen molar-refractivity contribution in [3.05, 3.63) is 33.4 Å². The maximum absolute atomic E-state index is 12.5. The van der Waals surface area contributed by atoms with E-state index in [0.29, 0.717) is 34.3 Å². The summed E-state index contributed by atoms with van der Waals surface area (Å²) in [6.45, 7) is 9.05. The Labute approximate surface area is 146 Å². The van der Waals surface area contributed by atoms with E-state index in [9.17, 15) is 14.7 Å². The molecule has 2 rings (SSSR count). The van der Waals surface area contributed by atoms with Crippen molar-refractivity contribution in [2.75, 3.05) is 6.61 Å². The number of H-pyrrole nitrogens is 1. The van der Waals surface area contributed by atoms with Gasteiger partial charge in [-0.15, -0.1) is 0 Å². The van der Waals surface area contributed by atoms with Gasteiger partial charge in [0.1, 0.15) is 11.1 Å². The van der Waals surface area contributed by atoms with Crippen molar-refractivity contribution in [1.82, 2.24) is 9.55 Å². The van der Waals surface area contributed by atoms with E-state index >= 15 is 0 Å². The molecule has 0 fully saturated rings. The number of hydrogen-bond donors (Lipinski definition) is 2. The molecule has 0 bridgehead atoms. The molecule has 2 heterocycles. The first-order valence-corrected chi connectivity index (χ1v) is 8.16. The van der Waals surface area contributed by atoms with Gasteiger partial charge in [-0.3, -0.25) is 4.79 Å². The van der Waals surface area contributed by atoms with Gasteiger partial charge < -0.3 is 19.4 Å². The maximum atomic E-state index is 12.5. The van der Waals surface area contributed by atoms with Crippen molar-refractivity contribution < 1.29 is 14.6 Å². The van der Waals surface area contributed by atoms with Gasteiger partial charge in [0.25, 0.3) is 5.56 Å². The van der Waals surface area contributed by atoms with Crippen LogP contribution in [0.15, 0.2) is 11.0 Å². The molecule has 25 heavy (non-hydrogen) atoms. The summed E-state index contributed by atoms with van der Waals surface area (Å²) in [6, 6.07) is 0. The number of aliphatic hydroxyl groups is 1. The van der Waals surface area contributed by atoms with Crippen molar-refractivity contribution >= 4 is 16.9 Å². The van der Waals surface area contributed by atoms with Crippen LogP contribution < -0.4 is 5.56 Å². The van der Waals surface area contributed by atoms with Crippen LogP contribution in [0.2, 0.25) is 0 Å². The summed E-state index contributed by atoms with van der Waals surface area (Å²) in [4.78, 5) is 27.9. The molecule has 0 aliphatic heterocycles. The van der Waals surface area contributed by atoms with Gasteiger partial charge in [0, 0.05) is 24.3 Å². The molecular weight excluding hydrogens is 320 g/mol. The highest BCUT2D eigenvalue weighted by Crippen LogP contribution is 2.24. The van der Waals surface area contributed by atoms with Gasteiger partial charge in [0.2, 0.25) is 0 Å². The number of nitrogens with one attached hydrogen (secondary N) is 1. The Morgan fingerprint density at radius 3 is 2.64 bits per heavy atom. The Hall–Kier alpha value is -2.52. The number of rotatable bonds is 3. The summed E-state index contributed by atoms with van der Waals surface area (Å²) in [6.07, 6.45) is 1.57. The monoisotopic (exact) mass is 344 g/mol. The second kappa shape index (κ2) is 6.77. The number of nitrogens with zero attached hydrogens (tertiary/aromatic N) is 1. The fourth-order valence-electron chi connectivity index (χ4n) is 2.43. The summed E-state index contributed by atoms with van der Waals surface area (Å²) in [5.74, 6) is 5.32. The van der Waals surface area contributed by atoms with E-state index in [1.165, 1.54) is 4.57 Å². The Balaban J connectivity index is 2.72. The number of carbonyl (C=O) groups excluding carboxylic acids is 1. The fourth-order valence-corrected chi connectivity index (χ4v) is 2.43. The Bertz CT molecular complexity index is 931. The fraction of sp³-hybridized carbons (Fsp3) is 0.474. The lowest BCUT2D eigenvalue weighted by Gasteiger charge is -2.09. The molecule has 0 radical (unpaired) electrons. The minimum absolute atomic E-state index is 0.205. The molecule has 0 aliphatic carbocycles. The molecular formula is C19H24N2O4. The Kier molecular flexibility index (Phi) is 5.09. The number of pyridine rings is 1. The molecule has 0 atom stereocenters.